The summed E-state index contributed by atoms with van der Waals surface area (Å²) in [6.45, 7) is 3.77. The SMILES string of the molecule is CC(C)(C(=O)O)c1cc(NC(=O)C(Cc2ccccc2)NCc2cscn2)cc(-c2ccncc2)c1. The number of hydrogen-bond donors (Lipinski definition) is 3. The molecule has 184 valence electrons. The van der Waals surface area contributed by atoms with Gasteiger partial charge in [0, 0.05) is 30.0 Å². The number of rotatable bonds is 10. The van der Waals surface area contributed by atoms with Crippen LogP contribution in [0.2, 0.25) is 0 Å². The Balaban J connectivity index is 1.64. The minimum atomic E-state index is -1.14. The lowest BCUT2D eigenvalue weighted by molar-refractivity contribution is -0.142. The van der Waals surface area contributed by atoms with Crippen molar-refractivity contribution in [1.29, 1.82) is 0 Å². The Morgan fingerprint density at radius 1 is 1.03 bits per heavy atom. The van der Waals surface area contributed by atoms with Crippen LogP contribution in [0.4, 0.5) is 5.69 Å². The fourth-order valence-electron chi connectivity index (χ4n) is 3.78. The summed E-state index contributed by atoms with van der Waals surface area (Å²) >= 11 is 1.51. The summed E-state index contributed by atoms with van der Waals surface area (Å²) in [5.41, 5.74) is 5.33. The number of aliphatic carboxylic acids is 1. The molecule has 1 unspecified atom stereocenters. The van der Waals surface area contributed by atoms with Crippen LogP contribution in [0.25, 0.3) is 11.1 Å². The molecule has 4 aromatic rings. The summed E-state index contributed by atoms with van der Waals surface area (Å²) in [6.07, 6.45) is 3.86. The molecule has 2 aromatic carbocycles. The second-order valence-electron chi connectivity index (χ2n) is 9.06. The minimum absolute atomic E-state index is 0.208. The molecule has 36 heavy (non-hydrogen) atoms. The van der Waals surface area contributed by atoms with Crippen LogP contribution in [0.1, 0.15) is 30.7 Å². The van der Waals surface area contributed by atoms with Gasteiger partial charge in [0.1, 0.15) is 0 Å². The number of nitrogens with zero attached hydrogens (tertiary/aromatic N) is 2. The third-order valence-corrected chi connectivity index (χ3v) is 6.72. The van der Waals surface area contributed by atoms with Gasteiger partial charge in [-0.2, -0.15) is 0 Å². The fourth-order valence-corrected chi connectivity index (χ4v) is 4.34. The van der Waals surface area contributed by atoms with Crippen LogP contribution < -0.4 is 10.6 Å². The topological polar surface area (TPSA) is 104 Å². The van der Waals surface area contributed by atoms with Crippen LogP contribution >= 0.6 is 11.3 Å². The molecule has 1 amide bonds. The molecule has 0 bridgehead atoms. The highest BCUT2D eigenvalue weighted by Gasteiger charge is 2.30. The van der Waals surface area contributed by atoms with Crippen molar-refractivity contribution in [3.8, 4) is 11.1 Å². The Morgan fingerprint density at radius 3 is 2.44 bits per heavy atom. The molecule has 0 radical (unpaired) electrons. The van der Waals surface area contributed by atoms with Gasteiger partial charge in [-0.05, 0) is 72.9 Å². The van der Waals surface area contributed by atoms with E-state index in [2.05, 4.69) is 20.6 Å². The van der Waals surface area contributed by atoms with Gasteiger partial charge in [-0.1, -0.05) is 30.3 Å². The second kappa shape index (κ2) is 11.2. The van der Waals surface area contributed by atoms with E-state index in [0.29, 0.717) is 24.2 Å². The second-order valence-corrected chi connectivity index (χ2v) is 9.78. The molecule has 0 aliphatic rings. The van der Waals surface area contributed by atoms with Gasteiger partial charge in [0.05, 0.1) is 22.7 Å². The number of carbonyl (C=O) groups excluding carboxylic acids is 1. The normalized spacial score (nSPS) is 12.2. The molecule has 4 rings (SSSR count). The van der Waals surface area contributed by atoms with Crippen LogP contribution in [0, 0.1) is 0 Å². The highest BCUT2D eigenvalue weighted by molar-refractivity contribution is 7.07. The lowest BCUT2D eigenvalue weighted by atomic mass is 9.83. The first-order valence-electron chi connectivity index (χ1n) is 11.6. The summed E-state index contributed by atoms with van der Waals surface area (Å²) in [7, 11) is 0. The Hall–Kier alpha value is -3.88. The number of aromatic nitrogens is 2. The number of carbonyl (C=O) groups is 2. The smallest absolute Gasteiger partial charge is 0.313 e. The van der Waals surface area contributed by atoms with Gasteiger partial charge in [-0.15, -0.1) is 11.3 Å². The molecule has 8 heteroatoms. The fraction of sp³-hybridized carbons (Fsp3) is 0.214. The first-order valence-corrected chi connectivity index (χ1v) is 12.5. The van der Waals surface area contributed by atoms with E-state index in [0.717, 1.165) is 22.4 Å². The summed E-state index contributed by atoms with van der Waals surface area (Å²) in [6, 6.07) is 18.4. The van der Waals surface area contributed by atoms with E-state index in [1.807, 2.05) is 60.0 Å². The molecule has 0 aliphatic carbocycles. The average molecular weight is 501 g/mol. The van der Waals surface area contributed by atoms with Crippen molar-refractivity contribution in [2.24, 2.45) is 0 Å². The molecule has 0 fully saturated rings. The quantitative estimate of drug-likeness (QED) is 0.286. The number of anilines is 1. The zero-order valence-electron chi connectivity index (χ0n) is 20.1. The molecule has 1 atom stereocenters. The van der Waals surface area contributed by atoms with Crippen LogP contribution in [0.3, 0.4) is 0 Å². The van der Waals surface area contributed by atoms with Crippen molar-refractivity contribution in [1.82, 2.24) is 15.3 Å². The zero-order valence-corrected chi connectivity index (χ0v) is 21.0. The van der Waals surface area contributed by atoms with E-state index in [1.54, 1.807) is 37.8 Å². The average Bonchev–Trinajstić information content (AvgIpc) is 3.41. The summed E-state index contributed by atoms with van der Waals surface area (Å²) in [4.78, 5) is 33.9. The largest absolute Gasteiger partial charge is 0.481 e. The highest BCUT2D eigenvalue weighted by atomic mass is 32.1. The van der Waals surface area contributed by atoms with Gasteiger partial charge < -0.3 is 10.4 Å². The molecular formula is C28H28N4O3S. The number of pyridine rings is 1. The van der Waals surface area contributed by atoms with Crippen LogP contribution in [0.15, 0.2) is 83.9 Å². The van der Waals surface area contributed by atoms with E-state index < -0.39 is 17.4 Å². The molecule has 0 aliphatic heterocycles. The summed E-state index contributed by atoms with van der Waals surface area (Å²) in [5.74, 6) is -1.15. The van der Waals surface area contributed by atoms with Gasteiger partial charge in [-0.3, -0.25) is 19.9 Å². The number of carboxylic acids is 1. The van der Waals surface area contributed by atoms with E-state index in [9.17, 15) is 14.7 Å². The standard InChI is InChI=1S/C28H28N4O3S/c1-28(2,27(34)35)22-13-21(20-8-10-29-11-9-20)14-23(15-22)32-26(33)25(12-19-6-4-3-5-7-19)30-16-24-17-36-18-31-24/h3-11,13-15,17-18,25,30H,12,16H2,1-2H3,(H,32,33)(H,34,35). The van der Waals surface area contributed by atoms with Gasteiger partial charge in [0.15, 0.2) is 0 Å². The predicted molar refractivity (Wildman–Crippen MR) is 142 cm³/mol. The summed E-state index contributed by atoms with van der Waals surface area (Å²) < 4.78 is 0. The van der Waals surface area contributed by atoms with Crippen molar-refractivity contribution in [3.63, 3.8) is 0 Å². The number of hydrogen-bond acceptors (Lipinski definition) is 6. The van der Waals surface area contributed by atoms with E-state index in [4.69, 9.17) is 0 Å². The zero-order chi connectivity index (χ0) is 25.5. The first kappa shape index (κ1) is 25.2. The number of benzene rings is 2. The number of nitrogens with one attached hydrogen (secondary N) is 2. The minimum Gasteiger partial charge on any atom is -0.481 e. The lowest BCUT2D eigenvalue weighted by Gasteiger charge is -2.23. The number of thiazole rings is 1. The van der Waals surface area contributed by atoms with Crippen molar-refractivity contribution < 1.29 is 14.7 Å². The monoisotopic (exact) mass is 500 g/mol. The van der Waals surface area contributed by atoms with Crippen LogP contribution in [0.5, 0.6) is 0 Å². The number of amides is 1. The van der Waals surface area contributed by atoms with Crippen molar-refractivity contribution in [2.45, 2.75) is 38.3 Å². The Morgan fingerprint density at radius 2 is 1.78 bits per heavy atom. The summed E-state index contributed by atoms with van der Waals surface area (Å²) in [5, 5.41) is 18.1. The van der Waals surface area contributed by atoms with Crippen LogP contribution in [-0.4, -0.2) is 33.0 Å². The van der Waals surface area contributed by atoms with E-state index in [1.165, 1.54) is 11.3 Å². The third-order valence-electron chi connectivity index (χ3n) is 6.08. The number of carboxylic acid groups (broad SMARTS) is 1. The maximum absolute atomic E-state index is 13.5. The Bertz CT molecular complexity index is 1310. The van der Waals surface area contributed by atoms with Gasteiger partial charge >= 0.3 is 5.97 Å². The molecule has 0 saturated heterocycles. The maximum atomic E-state index is 13.5. The Kier molecular flexibility index (Phi) is 7.87. The molecular weight excluding hydrogens is 472 g/mol. The first-order chi connectivity index (χ1) is 17.3. The lowest BCUT2D eigenvalue weighted by Crippen LogP contribution is -2.42. The third kappa shape index (κ3) is 6.21. The molecule has 2 aromatic heterocycles. The highest BCUT2D eigenvalue weighted by Crippen LogP contribution is 2.32. The Labute approximate surface area is 214 Å². The maximum Gasteiger partial charge on any atom is 0.313 e. The van der Waals surface area contributed by atoms with Gasteiger partial charge in [-0.25, -0.2) is 4.98 Å². The van der Waals surface area contributed by atoms with Crippen molar-refractivity contribution >= 4 is 28.9 Å². The molecule has 7 nitrogen and oxygen atoms in total. The molecule has 0 saturated carbocycles. The molecule has 0 spiro atoms. The van der Waals surface area contributed by atoms with Crippen LogP contribution in [-0.2, 0) is 28.0 Å². The van der Waals surface area contributed by atoms with E-state index >= 15 is 0 Å². The predicted octanol–water partition coefficient (Wildman–Crippen LogP) is 4.91. The molecule has 2 heterocycles. The van der Waals surface area contributed by atoms with Crippen molar-refractivity contribution in [3.05, 3.63) is 101 Å². The van der Waals surface area contributed by atoms with Gasteiger partial charge in [0.25, 0.3) is 0 Å². The van der Waals surface area contributed by atoms with Crippen molar-refractivity contribution in [2.75, 3.05) is 5.32 Å². The van der Waals surface area contributed by atoms with E-state index in [-0.39, 0.29) is 5.91 Å². The molecule has 3 N–H and O–H groups in total. The van der Waals surface area contributed by atoms with Gasteiger partial charge in [0.2, 0.25) is 5.91 Å².